The van der Waals surface area contributed by atoms with Crippen LogP contribution in [0.4, 0.5) is 5.69 Å². The monoisotopic (exact) mass is 403 g/mol. The number of anilines is 1. The van der Waals surface area contributed by atoms with Gasteiger partial charge in [0, 0.05) is 55.7 Å². The molecule has 4 aromatic rings. The third-order valence-corrected chi connectivity index (χ3v) is 5.91. The van der Waals surface area contributed by atoms with Crippen molar-refractivity contribution < 1.29 is 4.42 Å². The van der Waals surface area contributed by atoms with Gasteiger partial charge in [-0.1, -0.05) is 6.92 Å². The average Bonchev–Trinajstić information content (AvgIpc) is 3.17. The van der Waals surface area contributed by atoms with E-state index in [0.29, 0.717) is 16.8 Å². The summed E-state index contributed by atoms with van der Waals surface area (Å²) in [7, 11) is 0. The van der Waals surface area contributed by atoms with Gasteiger partial charge in [0.25, 0.3) is 0 Å². The van der Waals surface area contributed by atoms with E-state index in [1.165, 1.54) is 0 Å². The van der Waals surface area contributed by atoms with Crippen molar-refractivity contribution in [3.05, 3.63) is 58.5 Å². The van der Waals surface area contributed by atoms with Gasteiger partial charge in [-0.05, 0) is 38.6 Å². The molecule has 0 radical (unpaired) electrons. The lowest BCUT2D eigenvalue weighted by molar-refractivity contribution is 0.271. The van der Waals surface area contributed by atoms with Crippen LogP contribution in [0.1, 0.15) is 18.3 Å². The molecule has 0 amide bonds. The molecule has 5 rings (SSSR count). The smallest absolute Gasteiger partial charge is 0.345 e. The number of rotatable bonds is 3. The molecule has 0 aliphatic carbocycles. The molecule has 7 nitrogen and oxygen atoms in total. The van der Waals surface area contributed by atoms with Crippen molar-refractivity contribution in [3.8, 4) is 11.3 Å². The number of imidazole rings is 1. The van der Waals surface area contributed by atoms with Crippen LogP contribution in [0.25, 0.3) is 27.9 Å². The fourth-order valence-electron chi connectivity index (χ4n) is 4.23. The lowest BCUT2D eigenvalue weighted by atomic mass is 10.1. The summed E-state index contributed by atoms with van der Waals surface area (Å²) in [5.74, 6) is 0. The Morgan fingerprint density at radius 3 is 2.60 bits per heavy atom. The molecule has 1 aliphatic rings. The van der Waals surface area contributed by atoms with Crippen LogP contribution in [0, 0.1) is 13.8 Å². The Bertz CT molecular complexity index is 1300. The normalized spacial score (nSPS) is 15.4. The number of piperazine rings is 1. The summed E-state index contributed by atoms with van der Waals surface area (Å²) in [6.07, 6.45) is 3.77. The molecule has 0 spiro atoms. The Hall–Kier alpha value is -3.19. The van der Waals surface area contributed by atoms with E-state index in [-0.39, 0.29) is 5.63 Å². The van der Waals surface area contributed by atoms with Gasteiger partial charge >= 0.3 is 5.63 Å². The van der Waals surface area contributed by atoms with Crippen molar-refractivity contribution >= 4 is 22.3 Å². The molecule has 7 heteroatoms. The van der Waals surface area contributed by atoms with Crippen LogP contribution in [-0.4, -0.2) is 52.0 Å². The minimum atomic E-state index is -0.374. The van der Waals surface area contributed by atoms with Gasteiger partial charge in [0.2, 0.25) is 0 Å². The van der Waals surface area contributed by atoms with Gasteiger partial charge in [0.1, 0.15) is 5.58 Å². The van der Waals surface area contributed by atoms with Crippen molar-refractivity contribution in [1.82, 2.24) is 19.3 Å². The first-order valence-corrected chi connectivity index (χ1v) is 10.4. The maximum atomic E-state index is 12.8. The Balaban J connectivity index is 1.52. The summed E-state index contributed by atoms with van der Waals surface area (Å²) in [6, 6.07) is 7.98. The number of benzene rings is 1. The van der Waals surface area contributed by atoms with Gasteiger partial charge < -0.3 is 18.6 Å². The Labute approximate surface area is 174 Å². The first-order chi connectivity index (χ1) is 14.5. The number of aryl methyl sites for hydroxylation is 2. The topological polar surface area (TPSA) is 66.9 Å². The Morgan fingerprint density at radius 1 is 1.03 bits per heavy atom. The second-order valence-electron chi connectivity index (χ2n) is 7.92. The highest BCUT2D eigenvalue weighted by molar-refractivity contribution is 5.84. The summed E-state index contributed by atoms with van der Waals surface area (Å²) < 4.78 is 7.63. The molecule has 0 atom stereocenters. The maximum Gasteiger partial charge on any atom is 0.345 e. The lowest BCUT2D eigenvalue weighted by Crippen LogP contribution is -2.46. The highest BCUT2D eigenvalue weighted by Gasteiger charge is 2.18. The molecule has 0 saturated carbocycles. The standard InChI is InChI=1S/C23H25N5O2/c1-4-26-7-9-27(10-8-26)18-6-5-17-11-19(23(29)30-21(17)12-18)20-14-28-13-15(2)24-16(3)22(28)25-20/h5-6,11-14H,4,7-10H2,1-3H3. The molecule has 0 bridgehead atoms. The van der Waals surface area contributed by atoms with Crippen molar-refractivity contribution in [1.29, 1.82) is 0 Å². The van der Waals surface area contributed by atoms with Gasteiger partial charge in [-0.2, -0.15) is 0 Å². The van der Waals surface area contributed by atoms with E-state index in [9.17, 15) is 4.79 Å². The Kier molecular flexibility index (Phi) is 4.55. The zero-order valence-corrected chi connectivity index (χ0v) is 17.6. The van der Waals surface area contributed by atoms with Crippen LogP contribution in [-0.2, 0) is 0 Å². The van der Waals surface area contributed by atoms with Crippen LogP contribution in [0.5, 0.6) is 0 Å². The zero-order chi connectivity index (χ0) is 20.8. The van der Waals surface area contributed by atoms with Crippen LogP contribution in [0.3, 0.4) is 0 Å². The van der Waals surface area contributed by atoms with E-state index in [0.717, 1.165) is 60.8 Å². The number of likely N-dealkylation sites (N-methyl/N-ethyl adjacent to an activating group) is 1. The number of hydrogen-bond donors (Lipinski definition) is 0. The van der Waals surface area contributed by atoms with Crippen molar-refractivity contribution in [2.24, 2.45) is 0 Å². The predicted octanol–water partition coefficient (Wildman–Crippen LogP) is 3.26. The largest absolute Gasteiger partial charge is 0.422 e. The fraction of sp³-hybridized carbons (Fsp3) is 0.348. The second kappa shape index (κ2) is 7.25. The summed E-state index contributed by atoms with van der Waals surface area (Å²) in [4.78, 5) is 26.6. The minimum Gasteiger partial charge on any atom is -0.422 e. The number of fused-ring (bicyclic) bond motifs is 2. The third-order valence-electron chi connectivity index (χ3n) is 5.91. The summed E-state index contributed by atoms with van der Waals surface area (Å²) in [5.41, 5.74) is 4.88. The van der Waals surface area contributed by atoms with E-state index >= 15 is 0 Å². The van der Waals surface area contributed by atoms with E-state index in [1.807, 2.05) is 48.8 Å². The fourth-order valence-corrected chi connectivity index (χ4v) is 4.23. The highest BCUT2D eigenvalue weighted by Crippen LogP contribution is 2.26. The molecule has 1 fully saturated rings. The van der Waals surface area contributed by atoms with Gasteiger partial charge in [0.15, 0.2) is 5.65 Å². The molecule has 0 N–H and O–H groups in total. The quantitative estimate of drug-likeness (QED) is 0.489. The summed E-state index contributed by atoms with van der Waals surface area (Å²) in [6.45, 7) is 11.2. The summed E-state index contributed by atoms with van der Waals surface area (Å²) >= 11 is 0. The molecule has 1 aliphatic heterocycles. The van der Waals surface area contributed by atoms with Gasteiger partial charge in [-0.15, -0.1) is 0 Å². The molecule has 0 unspecified atom stereocenters. The average molecular weight is 403 g/mol. The first kappa shape index (κ1) is 18.8. The van der Waals surface area contributed by atoms with E-state index < -0.39 is 0 Å². The highest BCUT2D eigenvalue weighted by atomic mass is 16.4. The third kappa shape index (κ3) is 3.25. The predicted molar refractivity (Wildman–Crippen MR) is 118 cm³/mol. The molecular formula is C23H25N5O2. The van der Waals surface area contributed by atoms with Crippen molar-refractivity contribution in [3.63, 3.8) is 0 Å². The Morgan fingerprint density at radius 2 is 1.83 bits per heavy atom. The van der Waals surface area contributed by atoms with Gasteiger partial charge in [-0.25, -0.2) is 9.78 Å². The maximum absolute atomic E-state index is 12.8. The van der Waals surface area contributed by atoms with Crippen LogP contribution in [0.2, 0.25) is 0 Å². The van der Waals surface area contributed by atoms with E-state index in [2.05, 4.69) is 32.8 Å². The molecule has 4 heterocycles. The van der Waals surface area contributed by atoms with Crippen molar-refractivity contribution in [2.45, 2.75) is 20.8 Å². The van der Waals surface area contributed by atoms with Crippen LogP contribution in [0.15, 0.2) is 45.9 Å². The number of hydrogen-bond acceptors (Lipinski definition) is 6. The SMILES string of the molecule is CCN1CCN(c2ccc3cc(-c4cn5cc(C)nc(C)c5n4)c(=O)oc3c2)CC1. The molecule has 154 valence electrons. The number of aromatic nitrogens is 3. The molecule has 3 aromatic heterocycles. The lowest BCUT2D eigenvalue weighted by Gasteiger charge is -2.35. The van der Waals surface area contributed by atoms with E-state index in [1.54, 1.807) is 0 Å². The van der Waals surface area contributed by atoms with Gasteiger partial charge in [0.05, 0.1) is 22.6 Å². The zero-order valence-electron chi connectivity index (χ0n) is 17.6. The minimum absolute atomic E-state index is 0.374. The van der Waals surface area contributed by atoms with Crippen molar-refractivity contribution in [2.75, 3.05) is 37.6 Å². The molecule has 1 aromatic carbocycles. The van der Waals surface area contributed by atoms with Crippen LogP contribution < -0.4 is 10.5 Å². The molecular weight excluding hydrogens is 378 g/mol. The summed E-state index contributed by atoms with van der Waals surface area (Å²) in [5, 5.41) is 0.892. The van der Waals surface area contributed by atoms with Gasteiger partial charge in [-0.3, -0.25) is 4.98 Å². The number of nitrogens with zero attached hydrogens (tertiary/aromatic N) is 5. The second-order valence-corrected chi connectivity index (χ2v) is 7.92. The first-order valence-electron chi connectivity index (χ1n) is 10.4. The molecule has 1 saturated heterocycles. The molecule has 30 heavy (non-hydrogen) atoms. The van der Waals surface area contributed by atoms with Crippen LogP contribution >= 0.6 is 0 Å². The van der Waals surface area contributed by atoms with E-state index in [4.69, 9.17) is 4.42 Å².